The minimum Gasteiger partial charge on any atom is -0.496 e. The third kappa shape index (κ3) is 2.59. The number of carbonyl (C=O) groups excluding carboxylic acids is 1. The Hall–Kier alpha value is -1.59. The molecule has 1 aliphatic carbocycles. The van der Waals surface area contributed by atoms with E-state index in [0.29, 0.717) is 12.8 Å². The largest absolute Gasteiger partial charge is 0.496 e. The number of fused-ring (bicyclic) bond motifs is 1. The predicted molar refractivity (Wildman–Crippen MR) is 84.0 cm³/mol. The Morgan fingerprint density at radius 1 is 1.32 bits per heavy atom. The molecule has 0 bridgehead atoms. The van der Waals surface area contributed by atoms with E-state index >= 15 is 0 Å². The molecule has 2 N–H and O–H groups in total. The molecule has 1 amide bonds. The fraction of sp³-hybridized carbons (Fsp3) is 0.588. The highest BCUT2D eigenvalue weighted by atomic mass is 16.5. The van der Waals surface area contributed by atoms with E-state index in [4.69, 9.17) is 9.47 Å². The van der Waals surface area contributed by atoms with Crippen LogP contribution in [0.3, 0.4) is 0 Å². The van der Waals surface area contributed by atoms with Gasteiger partial charge in [0.1, 0.15) is 11.4 Å². The summed E-state index contributed by atoms with van der Waals surface area (Å²) in [6.45, 7) is 1.63. The zero-order valence-electron chi connectivity index (χ0n) is 13.3. The first-order valence-electron chi connectivity index (χ1n) is 7.93. The van der Waals surface area contributed by atoms with Crippen molar-refractivity contribution in [2.24, 2.45) is 0 Å². The van der Waals surface area contributed by atoms with Crippen LogP contribution in [0.4, 0.5) is 0 Å². The number of benzene rings is 1. The quantitative estimate of drug-likeness (QED) is 0.886. The summed E-state index contributed by atoms with van der Waals surface area (Å²) < 4.78 is 11.0. The van der Waals surface area contributed by atoms with Gasteiger partial charge in [-0.15, -0.1) is 0 Å². The molecule has 2 aliphatic rings. The number of hydrogen-bond acceptors (Lipinski definition) is 4. The van der Waals surface area contributed by atoms with E-state index in [1.165, 1.54) is 11.1 Å². The normalized spacial score (nSPS) is 22.9. The molecule has 1 heterocycles. The Labute approximate surface area is 131 Å². The van der Waals surface area contributed by atoms with Crippen molar-refractivity contribution in [2.75, 3.05) is 27.3 Å². The third-order valence-corrected chi connectivity index (χ3v) is 4.97. The number of carbonyl (C=O) groups is 1. The van der Waals surface area contributed by atoms with Crippen molar-refractivity contribution in [3.63, 3.8) is 0 Å². The van der Waals surface area contributed by atoms with Crippen LogP contribution in [0.5, 0.6) is 5.75 Å². The molecule has 1 fully saturated rings. The molecule has 22 heavy (non-hydrogen) atoms. The van der Waals surface area contributed by atoms with E-state index in [2.05, 4.69) is 16.7 Å². The molecule has 1 aliphatic heterocycles. The number of methoxy groups -OCH3 is 2. The molecule has 5 heteroatoms. The second-order valence-corrected chi connectivity index (χ2v) is 6.04. The minimum atomic E-state index is -0.688. The average molecular weight is 304 g/mol. The van der Waals surface area contributed by atoms with E-state index in [9.17, 15) is 4.79 Å². The Morgan fingerprint density at radius 2 is 2.09 bits per heavy atom. The summed E-state index contributed by atoms with van der Waals surface area (Å²) in [5.74, 6) is 0.926. The topological polar surface area (TPSA) is 59.6 Å². The van der Waals surface area contributed by atoms with E-state index in [1.54, 1.807) is 14.2 Å². The Kier molecular flexibility index (Phi) is 4.36. The smallest absolute Gasteiger partial charge is 0.252 e. The molecule has 0 saturated carbocycles. The van der Waals surface area contributed by atoms with Gasteiger partial charge in [-0.3, -0.25) is 4.79 Å². The molecule has 0 aromatic heterocycles. The number of amides is 1. The first kappa shape index (κ1) is 15.3. The van der Waals surface area contributed by atoms with Gasteiger partial charge in [-0.05, 0) is 56.0 Å². The first-order chi connectivity index (χ1) is 10.7. The summed E-state index contributed by atoms with van der Waals surface area (Å²) in [7, 11) is 3.33. The monoisotopic (exact) mass is 304 g/mol. The van der Waals surface area contributed by atoms with Crippen molar-refractivity contribution in [2.45, 2.75) is 37.3 Å². The van der Waals surface area contributed by atoms with Crippen molar-refractivity contribution in [3.8, 4) is 5.75 Å². The summed E-state index contributed by atoms with van der Waals surface area (Å²) in [6, 6.07) is 6.10. The lowest BCUT2D eigenvalue weighted by molar-refractivity contribution is -0.147. The summed E-state index contributed by atoms with van der Waals surface area (Å²) >= 11 is 0. The van der Waals surface area contributed by atoms with Gasteiger partial charge in [0, 0.05) is 7.11 Å². The van der Waals surface area contributed by atoms with Gasteiger partial charge in [0.25, 0.3) is 5.91 Å². The van der Waals surface area contributed by atoms with Crippen molar-refractivity contribution in [1.82, 2.24) is 10.6 Å². The average Bonchev–Trinajstić information content (AvgIpc) is 2.98. The van der Waals surface area contributed by atoms with Crippen LogP contribution >= 0.6 is 0 Å². The number of ether oxygens (including phenoxy) is 2. The van der Waals surface area contributed by atoms with Gasteiger partial charge in [-0.1, -0.05) is 12.1 Å². The summed E-state index contributed by atoms with van der Waals surface area (Å²) in [5.41, 5.74) is 1.70. The molecule has 1 saturated heterocycles. The van der Waals surface area contributed by atoms with E-state index in [0.717, 1.165) is 31.7 Å². The minimum absolute atomic E-state index is 0.0113. The Morgan fingerprint density at radius 3 is 2.77 bits per heavy atom. The van der Waals surface area contributed by atoms with Crippen LogP contribution in [0, 0.1) is 0 Å². The van der Waals surface area contributed by atoms with Gasteiger partial charge in [0.15, 0.2) is 0 Å². The van der Waals surface area contributed by atoms with Gasteiger partial charge in [0.05, 0.1) is 13.2 Å². The maximum Gasteiger partial charge on any atom is 0.252 e. The molecule has 1 atom stereocenters. The summed E-state index contributed by atoms with van der Waals surface area (Å²) in [4.78, 5) is 12.8. The summed E-state index contributed by atoms with van der Waals surface area (Å²) in [5, 5.41) is 6.48. The SMILES string of the molecule is COc1cccc2c1CCC2NC(=O)C1(OC)CCNCC1. The highest BCUT2D eigenvalue weighted by Crippen LogP contribution is 2.37. The molecular formula is C17H24N2O3. The zero-order chi connectivity index (χ0) is 15.6. The van der Waals surface area contributed by atoms with Gasteiger partial charge >= 0.3 is 0 Å². The lowest BCUT2D eigenvalue weighted by Crippen LogP contribution is -2.54. The van der Waals surface area contributed by atoms with Crippen molar-refractivity contribution in [1.29, 1.82) is 0 Å². The molecule has 5 nitrogen and oxygen atoms in total. The molecule has 3 rings (SSSR count). The van der Waals surface area contributed by atoms with Crippen molar-refractivity contribution in [3.05, 3.63) is 29.3 Å². The fourth-order valence-electron chi connectivity index (χ4n) is 3.61. The third-order valence-electron chi connectivity index (χ3n) is 4.97. The number of rotatable bonds is 4. The lowest BCUT2D eigenvalue weighted by Gasteiger charge is -2.35. The molecule has 0 radical (unpaired) electrons. The number of hydrogen-bond donors (Lipinski definition) is 2. The Balaban J connectivity index is 1.77. The maximum atomic E-state index is 12.8. The number of piperidine rings is 1. The van der Waals surface area contributed by atoms with Gasteiger partial charge in [-0.25, -0.2) is 0 Å². The Bertz CT molecular complexity index is 553. The lowest BCUT2D eigenvalue weighted by atomic mass is 9.90. The predicted octanol–water partition coefficient (Wildman–Crippen LogP) is 1.57. The maximum absolute atomic E-state index is 12.8. The molecule has 1 aromatic rings. The highest BCUT2D eigenvalue weighted by Gasteiger charge is 2.41. The van der Waals surface area contributed by atoms with Crippen LogP contribution in [0.2, 0.25) is 0 Å². The van der Waals surface area contributed by atoms with E-state index in [1.807, 2.05) is 12.1 Å². The second kappa shape index (κ2) is 6.26. The number of nitrogens with one attached hydrogen (secondary N) is 2. The first-order valence-corrected chi connectivity index (χ1v) is 7.93. The second-order valence-electron chi connectivity index (χ2n) is 6.04. The van der Waals surface area contributed by atoms with Crippen LogP contribution in [0.1, 0.15) is 36.4 Å². The van der Waals surface area contributed by atoms with Crippen LogP contribution in [-0.2, 0) is 16.0 Å². The van der Waals surface area contributed by atoms with Crippen LogP contribution in [0.15, 0.2) is 18.2 Å². The molecular weight excluding hydrogens is 280 g/mol. The zero-order valence-corrected chi connectivity index (χ0v) is 13.3. The fourth-order valence-corrected chi connectivity index (χ4v) is 3.61. The van der Waals surface area contributed by atoms with E-state index in [-0.39, 0.29) is 11.9 Å². The standard InChI is InChI=1S/C17H24N2O3/c1-21-15-5-3-4-12-13(15)6-7-14(12)19-16(20)17(22-2)8-10-18-11-9-17/h3-5,14,18H,6-11H2,1-2H3,(H,19,20). The highest BCUT2D eigenvalue weighted by molar-refractivity contribution is 5.86. The summed E-state index contributed by atoms with van der Waals surface area (Å²) in [6.07, 6.45) is 3.28. The molecule has 1 aromatic carbocycles. The van der Waals surface area contributed by atoms with Gasteiger partial charge in [0.2, 0.25) is 0 Å². The molecule has 120 valence electrons. The van der Waals surface area contributed by atoms with E-state index < -0.39 is 5.60 Å². The molecule has 0 spiro atoms. The van der Waals surface area contributed by atoms with Crippen LogP contribution in [-0.4, -0.2) is 38.8 Å². The van der Waals surface area contributed by atoms with Gasteiger partial charge in [-0.2, -0.15) is 0 Å². The van der Waals surface area contributed by atoms with Crippen molar-refractivity contribution < 1.29 is 14.3 Å². The van der Waals surface area contributed by atoms with Crippen molar-refractivity contribution >= 4 is 5.91 Å². The molecule has 1 unspecified atom stereocenters. The van der Waals surface area contributed by atoms with Crippen LogP contribution < -0.4 is 15.4 Å². The van der Waals surface area contributed by atoms with Crippen LogP contribution in [0.25, 0.3) is 0 Å². The van der Waals surface area contributed by atoms with Gasteiger partial charge < -0.3 is 20.1 Å².